The average molecular weight is 373 g/mol. The van der Waals surface area contributed by atoms with Gasteiger partial charge in [-0.1, -0.05) is 44.1 Å². The third-order valence-corrected chi connectivity index (χ3v) is 7.76. The van der Waals surface area contributed by atoms with Crippen LogP contribution in [-0.2, 0) is 9.53 Å². The molecule has 0 amide bonds. The molecular formula is C24H36O3. The summed E-state index contributed by atoms with van der Waals surface area (Å²) >= 11 is 0. The molecule has 3 nitrogen and oxygen atoms in total. The number of esters is 1. The maximum Gasteiger partial charge on any atom is 0.331 e. The molecule has 0 aromatic heterocycles. The first-order valence-corrected chi connectivity index (χ1v) is 10.6. The number of carbonyl (C=O) groups is 1. The highest BCUT2D eigenvalue weighted by atomic mass is 16.5. The Labute approximate surface area is 164 Å². The number of aliphatic hydroxyl groups excluding tert-OH is 1. The van der Waals surface area contributed by atoms with E-state index in [0.29, 0.717) is 22.8 Å². The van der Waals surface area contributed by atoms with Crippen molar-refractivity contribution in [2.24, 2.45) is 16.7 Å². The van der Waals surface area contributed by atoms with Crippen LogP contribution in [0.5, 0.6) is 0 Å². The Morgan fingerprint density at radius 3 is 2.89 bits per heavy atom. The maximum absolute atomic E-state index is 11.4. The largest absolute Gasteiger partial charge is 0.454 e. The fourth-order valence-corrected chi connectivity index (χ4v) is 5.91. The van der Waals surface area contributed by atoms with Crippen LogP contribution in [0.4, 0.5) is 0 Å². The summed E-state index contributed by atoms with van der Waals surface area (Å²) in [6, 6.07) is 0. The van der Waals surface area contributed by atoms with Crippen molar-refractivity contribution in [2.45, 2.75) is 84.7 Å². The molecule has 27 heavy (non-hydrogen) atoms. The molecule has 0 unspecified atom stereocenters. The van der Waals surface area contributed by atoms with Crippen molar-refractivity contribution < 1.29 is 14.6 Å². The van der Waals surface area contributed by atoms with Gasteiger partial charge in [0, 0.05) is 18.1 Å². The fourth-order valence-electron chi connectivity index (χ4n) is 5.91. The van der Waals surface area contributed by atoms with Crippen molar-refractivity contribution in [2.75, 3.05) is 6.61 Å². The smallest absolute Gasteiger partial charge is 0.331 e. The molecule has 2 saturated carbocycles. The van der Waals surface area contributed by atoms with Crippen molar-refractivity contribution in [3.63, 3.8) is 0 Å². The van der Waals surface area contributed by atoms with Crippen molar-refractivity contribution in [3.8, 4) is 0 Å². The predicted molar refractivity (Wildman–Crippen MR) is 109 cm³/mol. The van der Waals surface area contributed by atoms with E-state index >= 15 is 0 Å². The van der Waals surface area contributed by atoms with Crippen LogP contribution in [-0.4, -0.2) is 23.8 Å². The molecule has 3 heteroatoms. The standard InChI is InChI=1S/C24H36O3/c1-17(9-10-20-19(16-25)15-22(26)27-20)11-14-23(3)12-6-13-24(4)18(2)7-5-8-21(23)24/h9,15,20-21,25H,2,5-8,10-14,16H2,1,3-4H3/b17-9+/t20-,21+,23+,24-/m1/s1. The lowest BCUT2D eigenvalue weighted by Crippen LogP contribution is -2.46. The highest BCUT2D eigenvalue weighted by Gasteiger charge is 2.50. The number of hydrogen-bond donors (Lipinski definition) is 1. The van der Waals surface area contributed by atoms with Gasteiger partial charge in [0.05, 0.1) is 6.61 Å². The van der Waals surface area contributed by atoms with Crippen molar-refractivity contribution in [3.05, 3.63) is 35.5 Å². The summed E-state index contributed by atoms with van der Waals surface area (Å²) in [5.74, 6) is 0.425. The Hall–Kier alpha value is -1.35. The van der Waals surface area contributed by atoms with Gasteiger partial charge in [-0.25, -0.2) is 4.79 Å². The van der Waals surface area contributed by atoms with Crippen LogP contribution in [0.3, 0.4) is 0 Å². The summed E-state index contributed by atoms with van der Waals surface area (Å²) in [5.41, 5.74) is 4.27. The highest BCUT2D eigenvalue weighted by molar-refractivity contribution is 5.85. The van der Waals surface area contributed by atoms with Crippen molar-refractivity contribution in [1.29, 1.82) is 0 Å². The quantitative estimate of drug-likeness (QED) is 0.495. The number of ether oxygens (including phenoxy) is 1. The summed E-state index contributed by atoms with van der Waals surface area (Å²) in [6.07, 6.45) is 14.1. The minimum absolute atomic E-state index is 0.106. The van der Waals surface area contributed by atoms with Crippen LogP contribution in [0.15, 0.2) is 35.5 Å². The minimum Gasteiger partial charge on any atom is -0.454 e. The molecule has 1 aliphatic heterocycles. The number of carbonyl (C=O) groups excluding carboxylic acids is 1. The first-order chi connectivity index (χ1) is 12.8. The van der Waals surface area contributed by atoms with Gasteiger partial charge in [0.25, 0.3) is 0 Å². The number of hydrogen-bond acceptors (Lipinski definition) is 3. The molecule has 0 spiro atoms. The van der Waals surface area contributed by atoms with E-state index in [0.717, 1.165) is 12.3 Å². The van der Waals surface area contributed by atoms with Crippen LogP contribution in [0.25, 0.3) is 0 Å². The SMILES string of the molecule is C=C1CCC[C@H]2[C@](C)(CC/C(C)=C/C[C@H]3OC(=O)C=C3CO)CCC[C@]12C. The van der Waals surface area contributed by atoms with Gasteiger partial charge >= 0.3 is 5.97 Å². The third kappa shape index (κ3) is 4.08. The van der Waals surface area contributed by atoms with Crippen LogP contribution in [0.2, 0.25) is 0 Å². The lowest BCUT2D eigenvalue weighted by Gasteiger charge is -2.56. The molecule has 0 saturated heterocycles. The second-order valence-electron chi connectivity index (χ2n) is 9.56. The van der Waals surface area contributed by atoms with E-state index in [4.69, 9.17) is 4.74 Å². The number of cyclic esters (lactones) is 1. The lowest BCUT2D eigenvalue weighted by atomic mass is 9.49. The predicted octanol–water partition coefficient (Wildman–Crippen LogP) is 5.50. The Morgan fingerprint density at radius 2 is 2.15 bits per heavy atom. The summed E-state index contributed by atoms with van der Waals surface area (Å²) in [7, 11) is 0. The van der Waals surface area contributed by atoms with Gasteiger partial charge in [-0.2, -0.15) is 0 Å². The van der Waals surface area contributed by atoms with E-state index in [2.05, 4.69) is 33.4 Å². The molecule has 3 aliphatic rings. The molecule has 2 aliphatic carbocycles. The second kappa shape index (κ2) is 7.95. The molecular weight excluding hydrogens is 336 g/mol. The van der Waals surface area contributed by atoms with Gasteiger partial charge in [-0.05, 0) is 68.6 Å². The molecule has 0 aromatic carbocycles. The van der Waals surface area contributed by atoms with E-state index < -0.39 is 0 Å². The van der Waals surface area contributed by atoms with Crippen molar-refractivity contribution in [1.82, 2.24) is 0 Å². The Bertz CT molecular complexity index is 659. The van der Waals surface area contributed by atoms with Crippen LogP contribution < -0.4 is 0 Å². The van der Waals surface area contributed by atoms with Crippen LogP contribution in [0.1, 0.15) is 78.6 Å². The second-order valence-corrected chi connectivity index (χ2v) is 9.56. The van der Waals surface area contributed by atoms with Gasteiger partial charge < -0.3 is 9.84 Å². The molecule has 4 atom stereocenters. The van der Waals surface area contributed by atoms with Crippen LogP contribution in [0, 0.1) is 16.7 Å². The molecule has 1 N–H and O–H groups in total. The van der Waals surface area contributed by atoms with E-state index in [1.807, 2.05) is 0 Å². The Morgan fingerprint density at radius 1 is 1.37 bits per heavy atom. The molecule has 0 bridgehead atoms. The zero-order valence-electron chi connectivity index (χ0n) is 17.4. The Kier molecular flexibility index (Phi) is 6.00. The number of rotatable bonds is 6. The first kappa shape index (κ1) is 20.4. The van der Waals surface area contributed by atoms with Gasteiger partial charge in [-0.15, -0.1) is 0 Å². The topological polar surface area (TPSA) is 46.5 Å². The summed E-state index contributed by atoms with van der Waals surface area (Å²) in [4.78, 5) is 11.4. The molecule has 0 radical (unpaired) electrons. The van der Waals surface area contributed by atoms with Gasteiger partial charge in [-0.3, -0.25) is 0 Å². The molecule has 1 heterocycles. The highest BCUT2D eigenvalue weighted by Crippen LogP contribution is 2.60. The molecule has 150 valence electrons. The van der Waals surface area contributed by atoms with E-state index in [1.54, 1.807) is 0 Å². The monoisotopic (exact) mass is 372 g/mol. The number of fused-ring (bicyclic) bond motifs is 1. The fraction of sp³-hybridized carbons (Fsp3) is 0.708. The average Bonchev–Trinajstić information content (AvgIpc) is 3.00. The van der Waals surface area contributed by atoms with Crippen molar-refractivity contribution >= 4 is 5.97 Å². The lowest BCUT2D eigenvalue weighted by molar-refractivity contribution is -0.138. The number of allylic oxidation sites excluding steroid dienone is 2. The normalized spacial score (nSPS) is 37.0. The van der Waals surface area contributed by atoms with E-state index in [1.165, 1.54) is 62.2 Å². The molecule has 0 aromatic rings. The number of aliphatic hydroxyl groups is 1. The maximum atomic E-state index is 11.4. The van der Waals surface area contributed by atoms with Crippen LogP contribution >= 0.6 is 0 Å². The minimum atomic E-state index is -0.332. The third-order valence-electron chi connectivity index (χ3n) is 7.76. The molecule has 2 fully saturated rings. The Balaban J connectivity index is 1.60. The summed E-state index contributed by atoms with van der Waals surface area (Å²) in [6.45, 7) is 11.5. The first-order valence-electron chi connectivity index (χ1n) is 10.6. The van der Waals surface area contributed by atoms with E-state index in [-0.39, 0.29) is 18.7 Å². The van der Waals surface area contributed by atoms with Gasteiger partial charge in [0.15, 0.2) is 0 Å². The van der Waals surface area contributed by atoms with E-state index in [9.17, 15) is 9.90 Å². The van der Waals surface area contributed by atoms with Gasteiger partial charge in [0.1, 0.15) is 6.10 Å². The summed E-state index contributed by atoms with van der Waals surface area (Å²) in [5, 5.41) is 9.35. The van der Waals surface area contributed by atoms with Gasteiger partial charge in [0.2, 0.25) is 0 Å². The summed E-state index contributed by atoms with van der Waals surface area (Å²) < 4.78 is 5.28. The zero-order chi connectivity index (χ0) is 19.7. The molecule has 3 rings (SSSR count). The zero-order valence-corrected chi connectivity index (χ0v) is 17.4.